The molecule has 3 aromatic rings. The second-order valence-corrected chi connectivity index (χ2v) is 7.81. The van der Waals surface area contributed by atoms with Crippen LogP contribution in [-0.4, -0.2) is 11.1 Å². The average molecular weight is 434 g/mol. The van der Waals surface area contributed by atoms with Gasteiger partial charge in [-0.2, -0.15) is 0 Å². The van der Waals surface area contributed by atoms with Crippen LogP contribution in [0.2, 0.25) is 0 Å². The van der Waals surface area contributed by atoms with Gasteiger partial charge in [0.1, 0.15) is 0 Å². The molecule has 4 heteroatoms. The SMILES string of the molecule is Cc1ccc(I)cc1Cc1ccc(-c2ccc(C(=O)O)cc2)s1. The van der Waals surface area contributed by atoms with Crippen LogP contribution < -0.4 is 0 Å². The van der Waals surface area contributed by atoms with Crippen LogP contribution in [0.25, 0.3) is 10.4 Å². The highest BCUT2D eigenvalue weighted by atomic mass is 127. The maximum atomic E-state index is 10.9. The fourth-order valence-corrected chi connectivity index (χ4v) is 4.02. The largest absolute Gasteiger partial charge is 0.478 e. The first-order valence-electron chi connectivity index (χ1n) is 7.20. The van der Waals surface area contributed by atoms with E-state index >= 15 is 0 Å². The molecule has 0 radical (unpaired) electrons. The number of benzene rings is 2. The van der Waals surface area contributed by atoms with Crippen molar-refractivity contribution >= 4 is 39.9 Å². The van der Waals surface area contributed by atoms with E-state index in [0.717, 1.165) is 12.0 Å². The molecule has 0 bridgehead atoms. The summed E-state index contributed by atoms with van der Waals surface area (Å²) in [6.45, 7) is 2.14. The minimum absolute atomic E-state index is 0.319. The second kappa shape index (κ2) is 6.84. The standard InChI is InChI=1S/C19H15IO2S/c1-12-2-7-16(20)10-15(12)11-17-8-9-18(23-17)13-3-5-14(6-4-13)19(21)22/h2-10H,11H2,1H3,(H,21,22). The van der Waals surface area contributed by atoms with Crippen LogP contribution in [0.15, 0.2) is 54.6 Å². The molecule has 0 saturated heterocycles. The summed E-state index contributed by atoms with van der Waals surface area (Å²) in [6.07, 6.45) is 0.931. The molecule has 0 aliphatic rings. The van der Waals surface area contributed by atoms with Crippen molar-refractivity contribution in [2.24, 2.45) is 0 Å². The number of rotatable bonds is 4. The Kier molecular flexibility index (Phi) is 4.82. The zero-order valence-corrected chi connectivity index (χ0v) is 15.5. The summed E-state index contributed by atoms with van der Waals surface area (Å²) < 4.78 is 1.25. The molecule has 116 valence electrons. The Labute approximate surface area is 152 Å². The van der Waals surface area contributed by atoms with Crippen LogP contribution >= 0.6 is 33.9 Å². The lowest BCUT2D eigenvalue weighted by Crippen LogP contribution is -1.94. The summed E-state index contributed by atoms with van der Waals surface area (Å²) in [5.41, 5.74) is 4.04. The molecule has 0 unspecified atom stereocenters. The number of carboxylic acids is 1. The summed E-state index contributed by atoms with van der Waals surface area (Å²) in [5, 5.41) is 8.96. The Morgan fingerprint density at radius 2 is 1.83 bits per heavy atom. The van der Waals surface area contributed by atoms with Gasteiger partial charge in [-0.15, -0.1) is 11.3 Å². The Balaban J connectivity index is 1.82. The van der Waals surface area contributed by atoms with E-state index in [1.165, 1.54) is 24.5 Å². The molecule has 0 spiro atoms. The zero-order chi connectivity index (χ0) is 16.4. The molecule has 0 aliphatic heterocycles. The van der Waals surface area contributed by atoms with E-state index in [0.29, 0.717) is 5.56 Å². The number of aromatic carboxylic acids is 1. The third-order valence-electron chi connectivity index (χ3n) is 3.75. The minimum atomic E-state index is -0.891. The molecule has 23 heavy (non-hydrogen) atoms. The van der Waals surface area contributed by atoms with E-state index in [1.807, 2.05) is 12.1 Å². The highest BCUT2D eigenvalue weighted by molar-refractivity contribution is 14.1. The van der Waals surface area contributed by atoms with Crippen LogP contribution in [0.1, 0.15) is 26.4 Å². The molecule has 3 rings (SSSR count). The molecule has 0 atom stereocenters. The van der Waals surface area contributed by atoms with Crippen molar-refractivity contribution in [1.82, 2.24) is 0 Å². The van der Waals surface area contributed by atoms with Gasteiger partial charge in [-0.1, -0.05) is 18.2 Å². The van der Waals surface area contributed by atoms with Crippen molar-refractivity contribution in [3.63, 3.8) is 0 Å². The van der Waals surface area contributed by atoms with Gasteiger partial charge >= 0.3 is 5.97 Å². The van der Waals surface area contributed by atoms with E-state index in [1.54, 1.807) is 23.5 Å². The molecular weight excluding hydrogens is 419 g/mol. The van der Waals surface area contributed by atoms with Crippen molar-refractivity contribution in [3.05, 3.63) is 79.7 Å². The van der Waals surface area contributed by atoms with Crippen molar-refractivity contribution < 1.29 is 9.90 Å². The molecule has 0 saturated carbocycles. The highest BCUT2D eigenvalue weighted by Gasteiger charge is 2.07. The van der Waals surface area contributed by atoms with E-state index < -0.39 is 5.97 Å². The Hall–Kier alpha value is -1.66. The maximum absolute atomic E-state index is 10.9. The topological polar surface area (TPSA) is 37.3 Å². The van der Waals surface area contributed by atoms with Gasteiger partial charge in [-0.3, -0.25) is 0 Å². The first kappa shape index (κ1) is 16.2. The van der Waals surface area contributed by atoms with Crippen molar-refractivity contribution in [2.75, 3.05) is 0 Å². The van der Waals surface area contributed by atoms with Gasteiger partial charge < -0.3 is 5.11 Å². The molecule has 0 aliphatic carbocycles. The Morgan fingerprint density at radius 1 is 1.09 bits per heavy atom. The fourth-order valence-electron chi connectivity index (χ4n) is 2.42. The van der Waals surface area contributed by atoms with Gasteiger partial charge in [0.05, 0.1) is 5.56 Å². The Morgan fingerprint density at radius 3 is 2.52 bits per heavy atom. The lowest BCUT2D eigenvalue weighted by atomic mass is 10.1. The summed E-state index contributed by atoms with van der Waals surface area (Å²) >= 11 is 4.10. The molecule has 2 nitrogen and oxygen atoms in total. The molecule has 0 amide bonds. The van der Waals surface area contributed by atoms with Crippen molar-refractivity contribution in [1.29, 1.82) is 0 Å². The summed E-state index contributed by atoms with van der Waals surface area (Å²) in [7, 11) is 0. The van der Waals surface area contributed by atoms with Gasteiger partial charge in [0.25, 0.3) is 0 Å². The smallest absolute Gasteiger partial charge is 0.335 e. The number of carbonyl (C=O) groups is 1. The van der Waals surface area contributed by atoms with Crippen molar-refractivity contribution in [3.8, 4) is 10.4 Å². The molecular formula is C19H15IO2S. The van der Waals surface area contributed by atoms with Crippen LogP contribution in [0, 0.1) is 10.5 Å². The lowest BCUT2D eigenvalue weighted by molar-refractivity contribution is 0.0697. The molecule has 1 N–H and O–H groups in total. The molecule has 2 aromatic carbocycles. The molecule has 1 aromatic heterocycles. The molecule has 0 fully saturated rings. The highest BCUT2D eigenvalue weighted by Crippen LogP contribution is 2.30. The monoisotopic (exact) mass is 434 g/mol. The predicted octanol–water partition coefficient (Wildman–Crippen LogP) is 5.62. The third kappa shape index (κ3) is 3.82. The van der Waals surface area contributed by atoms with E-state index in [-0.39, 0.29) is 0 Å². The van der Waals surface area contributed by atoms with Gasteiger partial charge in [-0.25, -0.2) is 4.79 Å². The maximum Gasteiger partial charge on any atom is 0.335 e. The summed E-state index contributed by atoms with van der Waals surface area (Å²) in [5.74, 6) is -0.891. The third-order valence-corrected chi connectivity index (χ3v) is 5.56. The average Bonchev–Trinajstić information content (AvgIpc) is 2.99. The van der Waals surface area contributed by atoms with Gasteiger partial charge in [0, 0.05) is 19.7 Å². The van der Waals surface area contributed by atoms with Crippen LogP contribution in [-0.2, 0) is 6.42 Å². The number of thiophene rings is 1. The number of hydrogen-bond donors (Lipinski definition) is 1. The van der Waals surface area contributed by atoms with E-state index in [2.05, 4.69) is 59.8 Å². The van der Waals surface area contributed by atoms with E-state index in [4.69, 9.17) is 5.11 Å². The number of hydrogen-bond acceptors (Lipinski definition) is 2. The molecule has 1 heterocycles. The zero-order valence-electron chi connectivity index (χ0n) is 12.5. The number of halogens is 1. The van der Waals surface area contributed by atoms with Crippen LogP contribution in [0.4, 0.5) is 0 Å². The van der Waals surface area contributed by atoms with Crippen LogP contribution in [0.5, 0.6) is 0 Å². The lowest BCUT2D eigenvalue weighted by Gasteiger charge is -2.05. The normalized spacial score (nSPS) is 10.7. The number of aryl methyl sites for hydroxylation is 1. The summed E-state index contributed by atoms with van der Waals surface area (Å²) in [6, 6.07) is 17.8. The quantitative estimate of drug-likeness (QED) is 0.542. The predicted molar refractivity (Wildman–Crippen MR) is 103 cm³/mol. The van der Waals surface area contributed by atoms with Gasteiger partial charge in [-0.05, 0) is 82.6 Å². The van der Waals surface area contributed by atoms with Gasteiger partial charge in [0.15, 0.2) is 0 Å². The van der Waals surface area contributed by atoms with Crippen molar-refractivity contribution in [2.45, 2.75) is 13.3 Å². The van der Waals surface area contributed by atoms with Gasteiger partial charge in [0.2, 0.25) is 0 Å². The Bertz CT molecular complexity index is 850. The van der Waals surface area contributed by atoms with Crippen LogP contribution in [0.3, 0.4) is 0 Å². The second-order valence-electron chi connectivity index (χ2n) is 5.40. The first-order valence-corrected chi connectivity index (χ1v) is 9.10. The first-order chi connectivity index (χ1) is 11.0. The summed E-state index contributed by atoms with van der Waals surface area (Å²) in [4.78, 5) is 13.4. The fraction of sp³-hybridized carbons (Fsp3) is 0.105. The number of carboxylic acid groups (broad SMARTS) is 1. The minimum Gasteiger partial charge on any atom is -0.478 e. The van der Waals surface area contributed by atoms with E-state index in [9.17, 15) is 4.79 Å².